The smallest absolute Gasteiger partial charge is 0.237 e. The number of likely N-dealkylation sites (tertiary alicyclic amines) is 1. The van der Waals surface area contributed by atoms with E-state index in [1.54, 1.807) is 0 Å². The van der Waals surface area contributed by atoms with Crippen molar-refractivity contribution in [1.82, 2.24) is 9.80 Å². The Bertz CT molecular complexity index is 449. The molecule has 0 radical (unpaired) electrons. The van der Waals surface area contributed by atoms with Crippen molar-refractivity contribution >= 4 is 17.5 Å². The van der Waals surface area contributed by atoms with E-state index in [0.29, 0.717) is 5.92 Å². The van der Waals surface area contributed by atoms with Gasteiger partial charge in [-0.25, -0.2) is 0 Å². The fourth-order valence-corrected chi connectivity index (χ4v) is 3.16. The van der Waals surface area contributed by atoms with E-state index in [-0.39, 0.29) is 17.8 Å². The number of rotatable bonds is 6. The monoisotopic (exact) mass is 308 g/mol. The Kier molecular flexibility index (Phi) is 6.07. The standard InChI is InChI=1S/C17H25ClN2O/c1-14(2)20(17(21)10-18)13-16-8-9-19(12-16)11-15-6-4-3-5-7-15/h3-7,14,16H,8-13H2,1-2H3/t16-/m0/s1. The lowest BCUT2D eigenvalue weighted by Gasteiger charge is -2.29. The van der Waals surface area contributed by atoms with Crippen molar-refractivity contribution in [2.75, 3.05) is 25.5 Å². The van der Waals surface area contributed by atoms with Crippen LogP contribution in [0.3, 0.4) is 0 Å². The summed E-state index contributed by atoms with van der Waals surface area (Å²) in [7, 11) is 0. The molecule has 1 heterocycles. The first-order chi connectivity index (χ1) is 10.1. The molecule has 1 aliphatic rings. The number of nitrogens with zero attached hydrogens (tertiary/aromatic N) is 2. The van der Waals surface area contributed by atoms with E-state index < -0.39 is 0 Å². The molecule has 1 aromatic rings. The minimum absolute atomic E-state index is 0.0492. The molecule has 0 aromatic heterocycles. The quantitative estimate of drug-likeness (QED) is 0.754. The van der Waals surface area contributed by atoms with Crippen molar-refractivity contribution in [3.8, 4) is 0 Å². The molecule has 1 aliphatic heterocycles. The van der Waals surface area contributed by atoms with Gasteiger partial charge in [0.25, 0.3) is 0 Å². The van der Waals surface area contributed by atoms with Gasteiger partial charge in [-0.05, 0) is 38.3 Å². The molecule has 0 unspecified atom stereocenters. The maximum atomic E-state index is 11.9. The number of hydrogen-bond donors (Lipinski definition) is 0. The zero-order valence-corrected chi connectivity index (χ0v) is 13.7. The number of benzene rings is 1. The molecule has 0 aliphatic carbocycles. The third-order valence-corrected chi connectivity index (χ3v) is 4.36. The Morgan fingerprint density at radius 1 is 1.38 bits per heavy atom. The molecule has 2 rings (SSSR count). The van der Waals surface area contributed by atoms with Crippen LogP contribution in [0, 0.1) is 5.92 Å². The van der Waals surface area contributed by atoms with Crippen molar-refractivity contribution in [2.24, 2.45) is 5.92 Å². The highest BCUT2D eigenvalue weighted by Crippen LogP contribution is 2.20. The zero-order valence-electron chi connectivity index (χ0n) is 13.0. The summed E-state index contributed by atoms with van der Waals surface area (Å²) in [5.74, 6) is 0.690. The molecule has 0 spiro atoms. The maximum absolute atomic E-state index is 11.9. The molecule has 1 amide bonds. The van der Waals surface area contributed by atoms with Gasteiger partial charge in [-0.2, -0.15) is 0 Å². The van der Waals surface area contributed by atoms with Gasteiger partial charge >= 0.3 is 0 Å². The molecule has 1 fully saturated rings. The lowest BCUT2D eigenvalue weighted by molar-refractivity contribution is -0.130. The maximum Gasteiger partial charge on any atom is 0.237 e. The Labute approximate surface area is 132 Å². The van der Waals surface area contributed by atoms with Crippen molar-refractivity contribution < 1.29 is 4.79 Å². The second-order valence-corrected chi connectivity index (χ2v) is 6.42. The number of carbonyl (C=O) groups is 1. The highest BCUT2D eigenvalue weighted by molar-refractivity contribution is 6.27. The first-order valence-electron chi connectivity index (χ1n) is 7.72. The molecule has 0 saturated carbocycles. The molecular formula is C17H25ClN2O. The molecule has 4 heteroatoms. The average molecular weight is 309 g/mol. The number of hydrogen-bond acceptors (Lipinski definition) is 2. The van der Waals surface area contributed by atoms with Crippen LogP contribution >= 0.6 is 11.6 Å². The fourth-order valence-electron chi connectivity index (χ4n) is 3.00. The Hall–Kier alpha value is -1.06. The second kappa shape index (κ2) is 7.81. The summed E-state index contributed by atoms with van der Waals surface area (Å²) in [5, 5.41) is 0. The minimum atomic E-state index is 0.0492. The third kappa shape index (κ3) is 4.72. The van der Waals surface area contributed by atoms with Crippen LogP contribution in [0.4, 0.5) is 0 Å². The van der Waals surface area contributed by atoms with Gasteiger partial charge in [0.15, 0.2) is 0 Å². The first-order valence-corrected chi connectivity index (χ1v) is 8.25. The summed E-state index contributed by atoms with van der Waals surface area (Å²) in [6.07, 6.45) is 1.16. The highest BCUT2D eigenvalue weighted by atomic mass is 35.5. The fraction of sp³-hybridized carbons (Fsp3) is 0.588. The van der Waals surface area contributed by atoms with E-state index in [9.17, 15) is 4.79 Å². The molecule has 21 heavy (non-hydrogen) atoms. The summed E-state index contributed by atoms with van der Waals surface area (Å²) < 4.78 is 0. The van der Waals surface area contributed by atoms with E-state index >= 15 is 0 Å². The Morgan fingerprint density at radius 2 is 2.10 bits per heavy atom. The normalized spacial score (nSPS) is 19.1. The zero-order chi connectivity index (χ0) is 15.2. The second-order valence-electron chi connectivity index (χ2n) is 6.15. The summed E-state index contributed by atoms with van der Waals surface area (Å²) in [6.45, 7) is 8.12. The largest absolute Gasteiger partial charge is 0.339 e. The molecular weight excluding hydrogens is 284 g/mol. The van der Waals surface area contributed by atoms with Gasteiger partial charge in [-0.15, -0.1) is 11.6 Å². The Balaban J connectivity index is 1.85. The number of carbonyl (C=O) groups excluding carboxylic acids is 1. The van der Waals surface area contributed by atoms with Crippen LogP contribution in [0.1, 0.15) is 25.8 Å². The molecule has 116 valence electrons. The summed E-state index contributed by atoms with van der Waals surface area (Å²) >= 11 is 5.71. The molecule has 0 bridgehead atoms. The lowest BCUT2D eigenvalue weighted by Crippen LogP contribution is -2.41. The van der Waals surface area contributed by atoms with Crippen molar-refractivity contribution in [1.29, 1.82) is 0 Å². The van der Waals surface area contributed by atoms with E-state index in [1.807, 2.05) is 4.90 Å². The van der Waals surface area contributed by atoms with E-state index in [2.05, 4.69) is 49.1 Å². The molecule has 1 saturated heterocycles. The van der Waals surface area contributed by atoms with Crippen molar-refractivity contribution in [3.63, 3.8) is 0 Å². The lowest BCUT2D eigenvalue weighted by atomic mass is 10.1. The average Bonchev–Trinajstić information content (AvgIpc) is 2.92. The molecule has 3 nitrogen and oxygen atoms in total. The van der Waals surface area contributed by atoms with E-state index in [4.69, 9.17) is 11.6 Å². The van der Waals surface area contributed by atoms with Crippen LogP contribution in [0.25, 0.3) is 0 Å². The van der Waals surface area contributed by atoms with Gasteiger partial charge in [0.2, 0.25) is 5.91 Å². The highest BCUT2D eigenvalue weighted by Gasteiger charge is 2.27. The first kappa shape index (κ1) is 16.3. The van der Waals surface area contributed by atoms with Gasteiger partial charge in [-0.1, -0.05) is 30.3 Å². The van der Waals surface area contributed by atoms with Gasteiger partial charge < -0.3 is 4.90 Å². The SMILES string of the molecule is CC(C)N(C[C@H]1CCN(Cc2ccccc2)C1)C(=O)CCl. The van der Waals surface area contributed by atoms with Crippen LogP contribution in [-0.2, 0) is 11.3 Å². The van der Waals surface area contributed by atoms with Gasteiger partial charge in [0.05, 0.1) is 0 Å². The summed E-state index contributed by atoms with van der Waals surface area (Å²) in [4.78, 5) is 16.3. The number of halogens is 1. The molecule has 0 N–H and O–H groups in total. The topological polar surface area (TPSA) is 23.6 Å². The van der Waals surface area contributed by atoms with Crippen molar-refractivity contribution in [2.45, 2.75) is 32.9 Å². The van der Waals surface area contributed by atoms with Gasteiger partial charge in [0, 0.05) is 25.7 Å². The predicted octanol–water partition coefficient (Wildman–Crippen LogP) is 2.98. The van der Waals surface area contributed by atoms with Crippen LogP contribution in [0.15, 0.2) is 30.3 Å². The van der Waals surface area contributed by atoms with E-state index in [1.165, 1.54) is 5.56 Å². The summed E-state index contributed by atoms with van der Waals surface area (Å²) in [6, 6.07) is 10.8. The molecule has 1 atom stereocenters. The van der Waals surface area contributed by atoms with Crippen molar-refractivity contribution in [3.05, 3.63) is 35.9 Å². The predicted molar refractivity (Wildman–Crippen MR) is 87.4 cm³/mol. The van der Waals surface area contributed by atoms with Crippen LogP contribution in [0.5, 0.6) is 0 Å². The third-order valence-electron chi connectivity index (χ3n) is 4.13. The number of alkyl halides is 1. The van der Waals surface area contributed by atoms with E-state index in [0.717, 1.165) is 32.6 Å². The minimum Gasteiger partial charge on any atom is -0.339 e. The van der Waals surface area contributed by atoms with Gasteiger partial charge in [0.1, 0.15) is 5.88 Å². The molecule has 1 aromatic carbocycles. The van der Waals surface area contributed by atoms with Crippen LogP contribution in [0.2, 0.25) is 0 Å². The summed E-state index contributed by atoms with van der Waals surface area (Å²) in [5.41, 5.74) is 1.36. The van der Waals surface area contributed by atoms with Crippen LogP contribution < -0.4 is 0 Å². The van der Waals surface area contributed by atoms with Gasteiger partial charge in [-0.3, -0.25) is 9.69 Å². The van der Waals surface area contributed by atoms with Crippen LogP contribution in [-0.4, -0.2) is 47.3 Å². The number of amides is 1. The Morgan fingerprint density at radius 3 is 2.71 bits per heavy atom.